The fraction of sp³-hybridized carbons (Fsp3) is 0.0625. The van der Waals surface area contributed by atoms with Gasteiger partial charge in [-0.25, -0.2) is 9.97 Å². The highest BCUT2D eigenvalue weighted by molar-refractivity contribution is 6.36. The van der Waals surface area contributed by atoms with E-state index in [1.807, 2.05) is 48.5 Å². The van der Waals surface area contributed by atoms with Gasteiger partial charge in [-0.2, -0.15) is 4.42 Å². The molecule has 116 valence electrons. The fourth-order valence-corrected chi connectivity index (χ4v) is 2.39. The van der Waals surface area contributed by atoms with Gasteiger partial charge in [-0.05, 0) is 12.1 Å². The van der Waals surface area contributed by atoms with E-state index in [9.17, 15) is 0 Å². The van der Waals surface area contributed by atoms with Crippen molar-refractivity contribution in [2.24, 2.45) is 5.73 Å². The molecular weight excluding hydrogens is 314 g/mol. The van der Waals surface area contributed by atoms with Crippen LogP contribution in [-0.4, -0.2) is 23.0 Å². The van der Waals surface area contributed by atoms with Gasteiger partial charge < -0.3 is 10.5 Å². The molecule has 3 rings (SSSR count). The molecule has 0 aliphatic rings. The number of ether oxygens (including phenoxy) is 1. The monoisotopic (exact) mass is 327 g/mol. The zero-order valence-electron chi connectivity index (χ0n) is 12.3. The van der Waals surface area contributed by atoms with Gasteiger partial charge >= 0.3 is 0 Å². The lowest BCUT2D eigenvalue weighted by Gasteiger charge is -2.15. The second kappa shape index (κ2) is 6.10. The summed E-state index contributed by atoms with van der Waals surface area (Å²) in [5, 5.41) is 8.24. The van der Waals surface area contributed by atoms with E-state index in [4.69, 9.17) is 27.7 Å². The molecule has 3 N–H and O–H groups in total. The van der Waals surface area contributed by atoms with Crippen LogP contribution in [0.15, 0.2) is 48.5 Å². The number of nitrogens with two attached hydrogens (primary N) is 1. The fourth-order valence-electron chi connectivity index (χ4n) is 2.31. The minimum Gasteiger partial charge on any atom is -0.496 e. The largest absolute Gasteiger partial charge is 0.496 e. The zero-order chi connectivity index (χ0) is 16.4. The molecule has 0 bridgehead atoms. The molecule has 0 saturated heterocycles. The van der Waals surface area contributed by atoms with Crippen LogP contribution in [0, 0.1) is 5.41 Å². The molecule has 3 aromatic rings. The van der Waals surface area contributed by atoms with Gasteiger partial charge in [0.15, 0.2) is 0 Å². The molecule has 0 radical (unpaired) electrons. The number of guanidine groups is 1. The molecule has 0 aliphatic carbocycles. The first-order chi connectivity index (χ1) is 11.1. The minimum absolute atomic E-state index is 0.138. The molecule has 0 unspecified atom stereocenters. The topological polar surface area (TPSA) is 88.1 Å². The summed E-state index contributed by atoms with van der Waals surface area (Å²) in [5.74, 6) is 0.448. The number of fused-ring (bicyclic) bond motifs is 1. The Balaban J connectivity index is 2.35. The van der Waals surface area contributed by atoms with E-state index in [0.29, 0.717) is 17.0 Å². The number of halogens is 1. The van der Waals surface area contributed by atoms with Crippen LogP contribution in [0.5, 0.6) is 5.75 Å². The summed E-state index contributed by atoms with van der Waals surface area (Å²) in [6, 6.07) is 15.1. The van der Waals surface area contributed by atoms with Gasteiger partial charge in [0.2, 0.25) is 11.9 Å². The van der Waals surface area contributed by atoms with E-state index in [0.717, 1.165) is 15.4 Å². The third kappa shape index (κ3) is 2.76. The summed E-state index contributed by atoms with van der Waals surface area (Å²) in [5.41, 5.74) is 7.63. The number of methoxy groups -OCH3 is 1. The first-order valence-electron chi connectivity index (χ1n) is 6.82. The Morgan fingerprint density at radius 3 is 2.52 bits per heavy atom. The van der Waals surface area contributed by atoms with Crippen molar-refractivity contribution in [2.45, 2.75) is 0 Å². The number of nitrogens with zero attached hydrogens (tertiary/aromatic N) is 3. The van der Waals surface area contributed by atoms with Crippen LogP contribution in [0.2, 0.25) is 0 Å². The predicted molar refractivity (Wildman–Crippen MR) is 91.8 cm³/mol. The number of benzene rings is 2. The summed E-state index contributed by atoms with van der Waals surface area (Å²) in [6.45, 7) is 0. The van der Waals surface area contributed by atoms with Crippen LogP contribution >= 0.6 is 11.8 Å². The maximum absolute atomic E-state index is 7.47. The second-order valence-electron chi connectivity index (χ2n) is 4.76. The van der Waals surface area contributed by atoms with E-state index in [1.54, 1.807) is 7.11 Å². The summed E-state index contributed by atoms with van der Waals surface area (Å²) < 4.78 is 6.35. The van der Waals surface area contributed by atoms with E-state index in [2.05, 4.69) is 9.97 Å². The molecule has 0 saturated carbocycles. The van der Waals surface area contributed by atoms with Gasteiger partial charge in [0.1, 0.15) is 5.75 Å². The highest BCUT2D eigenvalue weighted by atomic mass is 35.5. The van der Waals surface area contributed by atoms with Crippen molar-refractivity contribution in [1.29, 1.82) is 5.41 Å². The van der Waals surface area contributed by atoms with Gasteiger partial charge in [0.25, 0.3) is 0 Å². The van der Waals surface area contributed by atoms with Crippen molar-refractivity contribution in [3.63, 3.8) is 0 Å². The lowest BCUT2D eigenvalue weighted by atomic mass is 10.1. The maximum atomic E-state index is 7.47. The summed E-state index contributed by atoms with van der Waals surface area (Å²) in [6.07, 6.45) is 0. The number of hydrogen-bond acceptors (Lipinski definition) is 4. The summed E-state index contributed by atoms with van der Waals surface area (Å²) in [7, 11) is 1.60. The Kier molecular flexibility index (Phi) is 3.99. The van der Waals surface area contributed by atoms with Crippen LogP contribution in [0.4, 0.5) is 5.95 Å². The Bertz CT molecular complexity index is 869. The second-order valence-corrected chi connectivity index (χ2v) is 5.10. The van der Waals surface area contributed by atoms with Crippen LogP contribution in [0.25, 0.3) is 22.2 Å². The van der Waals surface area contributed by atoms with E-state index >= 15 is 0 Å². The van der Waals surface area contributed by atoms with Gasteiger partial charge in [0, 0.05) is 17.3 Å². The van der Waals surface area contributed by atoms with Crippen molar-refractivity contribution in [1.82, 2.24) is 9.97 Å². The molecule has 0 fully saturated rings. The van der Waals surface area contributed by atoms with Crippen LogP contribution in [0.1, 0.15) is 0 Å². The molecule has 1 heterocycles. The smallest absolute Gasteiger partial charge is 0.248 e. The summed E-state index contributed by atoms with van der Waals surface area (Å²) >= 11 is 6.00. The first-order valence-corrected chi connectivity index (χ1v) is 7.15. The Morgan fingerprint density at radius 2 is 1.87 bits per heavy atom. The predicted octanol–water partition coefficient (Wildman–Crippen LogP) is 3.16. The number of aromatic nitrogens is 2. The lowest BCUT2D eigenvalue weighted by molar-refractivity contribution is 0.420. The van der Waals surface area contributed by atoms with E-state index in [1.165, 1.54) is 0 Å². The van der Waals surface area contributed by atoms with Crippen molar-refractivity contribution >= 4 is 34.6 Å². The number of hydrogen-bond donors (Lipinski definition) is 2. The average Bonchev–Trinajstić information content (AvgIpc) is 2.60. The minimum atomic E-state index is -0.354. The number of rotatable bonds is 3. The van der Waals surface area contributed by atoms with Crippen molar-refractivity contribution in [2.75, 3.05) is 11.5 Å². The normalized spacial score (nSPS) is 10.5. The highest BCUT2D eigenvalue weighted by Gasteiger charge is 2.17. The van der Waals surface area contributed by atoms with Crippen molar-refractivity contribution in [3.05, 3.63) is 48.5 Å². The average molecular weight is 328 g/mol. The Hall–Kier alpha value is -2.86. The van der Waals surface area contributed by atoms with Crippen molar-refractivity contribution in [3.8, 4) is 17.0 Å². The van der Waals surface area contributed by atoms with Gasteiger partial charge in [0.05, 0.1) is 23.7 Å². The molecule has 0 spiro atoms. The molecule has 0 aliphatic heterocycles. The zero-order valence-corrected chi connectivity index (χ0v) is 13.1. The number of anilines is 1. The van der Waals surface area contributed by atoms with Gasteiger partial charge in [-0.1, -0.05) is 36.4 Å². The van der Waals surface area contributed by atoms with Crippen LogP contribution in [0.3, 0.4) is 0 Å². The standard InChI is InChI=1S/C16H14ClN5O/c1-23-12-9-5-8-11-13(12)14(10-6-3-2-4-7-10)21-16(20-11)22(17)15(18)19/h2-9H,1H3,(H3,18,19). The molecule has 2 aromatic carbocycles. The third-order valence-electron chi connectivity index (χ3n) is 3.33. The van der Waals surface area contributed by atoms with Crippen LogP contribution < -0.4 is 14.9 Å². The van der Waals surface area contributed by atoms with Gasteiger partial charge in [-0.3, -0.25) is 5.41 Å². The lowest BCUT2D eigenvalue weighted by Crippen LogP contribution is -2.29. The Morgan fingerprint density at radius 1 is 1.13 bits per heavy atom. The Labute approximate surface area is 138 Å². The molecule has 23 heavy (non-hydrogen) atoms. The van der Waals surface area contributed by atoms with Gasteiger partial charge in [-0.15, -0.1) is 0 Å². The molecule has 0 atom stereocenters. The molecule has 0 amide bonds. The molecule has 7 heteroatoms. The van der Waals surface area contributed by atoms with Crippen LogP contribution in [-0.2, 0) is 0 Å². The van der Waals surface area contributed by atoms with E-state index in [-0.39, 0.29) is 11.9 Å². The van der Waals surface area contributed by atoms with E-state index < -0.39 is 0 Å². The maximum Gasteiger partial charge on any atom is 0.248 e. The highest BCUT2D eigenvalue weighted by Crippen LogP contribution is 2.34. The first kappa shape index (κ1) is 15.1. The van der Waals surface area contributed by atoms with Crippen molar-refractivity contribution < 1.29 is 4.74 Å². The molecule has 1 aromatic heterocycles. The number of nitrogens with one attached hydrogen (secondary N) is 1. The molecular formula is C16H14ClN5O. The third-order valence-corrected chi connectivity index (χ3v) is 3.66. The molecule has 6 nitrogen and oxygen atoms in total. The summed E-state index contributed by atoms with van der Waals surface area (Å²) in [4.78, 5) is 8.86. The SMILES string of the molecule is COc1cccc2nc(N(Cl)C(=N)N)nc(-c3ccccc3)c12. The quantitative estimate of drug-likeness (QED) is 0.438.